The van der Waals surface area contributed by atoms with E-state index in [4.69, 9.17) is 21.1 Å². The number of hydrogen-bond acceptors (Lipinski definition) is 17. The second kappa shape index (κ2) is 27.9. The number of hydrogen-bond donors (Lipinski definition) is 2. The summed E-state index contributed by atoms with van der Waals surface area (Å²) in [5, 5.41) is 48.3. The van der Waals surface area contributed by atoms with Crippen molar-refractivity contribution < 1.29 is 61.3 Å². The Morgan fingerprint density at radius 2 is 1.00 bits per heavy atom. The minimum Gasteiger partial charge on any atom is -1.00 e. The van der Waals surface area contributed by atoms with Crippen molar-refractivity contribution in [3.8, 4) is 11.8 Å². The van der Waals surface area contributed by atoms with E-state index in [0.29, 0.717) is 40.8 Å². The van der Waals surface area contributed by atoms with Gasteiger partial charge in [-0.05, 0) is 68.6 Å². The second-order valence-electron chi connectivity index (χ2n) is 12.7. The number of pyridine rings is 5. The largest absolute Gasteiger partial charge is 1.00 e. The second-order valence-corrected chi connectivity index (χ2v) is 15.5. The molecular weight excluding hydrogens is 1120 g/mol. The van der Waals surface area contributed by atoms with Crippen LogP contribution in [0.2, 0.25) is 0 Å². The van der Waals surface area contributed by atoms with Crippen molar-refractivity contribution in [2.45, 2.75) is 23.9 Å². The van der Waals surface area contributed by atoms with E-state index in [-0.39, 0.29) is 84.0 Å². The molecule has 0 radical (unpaired) electrons. The smallest absolute Gasteiger partial charge is 0.357 e. The zero-order chi connectivity index (χ0) is 47.3. The molecule has 0 aliphatic rings. The number of fused-ring (bicyclic) bond motifs is 4. The van der Waals surface area contributed by atoms with Crippen molar-refractivity contribution >= 4 is 104 Å². The highest BCUT2D eigenvalue weighted by Crippen LogP contribution is 2.32. The van der Waals surface area contributed by atoms with E-state index >= 15 is 0 Å². The van der Waals surface area contributed by atoms with Crippen molar-refractivity contribution in [1.29, 1.82) is 0 Å². The van der Waals surface area contributed by atoms with E-state index in [1.54, 1.807) is 91.0 Å². The van der Waals surface area contributed by atoms with Crippen molar-refractivity contribution in [3.05, 3.63) is 159 Å². The third kappa shape index (κ3) is 15.1. The summed E-state index contributed by atoms with van der Waals surface area (Å²) < 4.78 is 40.4. The first-order chi connectivity index (χ1) is 31.1. The van der Waals surface area contributed by atoms with Crippen LogP contribution in [0, 0.1) is 30.3 Å². The molecule has 0 aromatic carbocycles. The lowest BCUT2D eigenvalue weighted by molar-refractivity contribution is -0.638. The number of halogens is 4. The summed E-state index contributed by atoms with van der Waals surface area (Å²) in [5.74, 6) is 5.85. The van der Waals surface area contributed by atoms with Crippen molar-refractivity contribution in [1.82, 2.24) is 38.5 Å². The van der Waals surface area contributed by atoms with Crippen LogP contribution < -0.4 is 49.7 Å². The molecule has 30 heteroatoms. The van der Waals surface area contributed by atoms with Gasteiger partial charge in [0.2, 0.25) is 9.84 Å². The molecule has 0 unspecified atom stereocenters. The van der Waals surface area contributed by atoms with Crippen LogP contribution in [0.5, 0.6) is 11.8 Å². The predicted octanol–water partition coefficient (Wildman–Crippen LogP) is 3.52. The summed E-state index contributed by atoms with van der Waals surface area (Å²) in [6.07, 6.45) is 12.9. The van der Waals surface area contributed by atoms with Crippen LogP contribution in [0.15, 0.2) is 138 Å². The third-order valence-corrected chi connectivity index (χ3v) is 10.0. The number of sulfone groups is 1. The first kappa shape index (κ1) is 60.2. The van der Waals surface area contributed by atoms with Crippen LogP contribution in [0.3, 0.4) is 0 Å². The summed E-state index contributed by atoms with van der Waals surface area (Å²) >= 11 is 1.28. The molecule has 0 spiro atoms. The molecule has 370 valence electrons. The molecular formula is C39H44Cl3IN14O10S2. The summed E-state index contributed by atoms with van der Waals surface area (Å²) in [5.41, 5.74) is 7.94. The van der Waals surface area contributed by atoms with E-state index in [9.17, 15) is 38.8 Å². The minimum atomic E-state index is -3.71. The molecule has 4 N–H and O–H groups in total. The zero-order valence-electron chi connectivity index (χ0n) is 36.6. The molecule has 0 bridgehead atoms. The molecule has 0 saturated heterocycles. The number of aromatic nitrogens is 9. The van der Waals surface area contributed by atoms with Gasteiger partial charge in [-0.3, -0.25) is 30.3 Å². The fourth-order valence-electron chi connectivity index (χ4n) is 5.68. The Kier molecular flexibility index (Phi) is 24.3. The van der Waals surface area contributed by atoms with Crippen LogP contribution in [0.4, 0.5) is 22.7 Å². The Morgan fingerprint density at radius 1 is 0.609 bits per heavy atom. The fourth-order valence-corrected chi connectivity index (χ4v) is 6.99. The normalized spacial score (nSPS) is 10.0. The number of nitrogen functional groups attached to an aromatic ring is 2. The molecule has 9 aromatic heterocycles. The predicted molar refractivity (Wildman–Crippen MR) is 261 cm³/mol. The van der Waals surface area contributed by atoms with Gasteiger partial charge in [-0.2, -0.15) is 5.10 Å². The number of thioether (sulfide) groups is 1. The van der Waals surface area contributed by atoms with Crippen LogP contribution in [0.25, 0.3) is 22.1 Å². The van der Waals surface area contributed by atoms with Gasteiger partial charge < -0.3 is 39.2 Å². The van der Waals surface area contributed by atoms with Crippen molar-refractivity contribution in [3.63, 3.8) is 0 Å². The average molecular weight is 1170 g/mol. The van der Waals surface area contributed by atoms with E-state index in [2.05, 4.69) is 20.4 Å². The fraction of sp³-hybridized carbons (Fsp3) is 0.154. The molecule has 0 saturated carbocycles. The zero-order valence-corrected chi connectivity index (χ0v) is 42.8. The Morgan fingerprint density at radius 3 is 1.41 bits per heavy atom. The summed E-state index contributed by atoms with van der Waals surface area (Å²) in [7, 11) is -3.71. The maximum Gasteiger partial charge on any atom is 0.357 e. The highest BCUT2D eigenvalue weighted by atomic mass is 127. The molecule has 9 aromatic rings. The molecule has 9 heterocycles. The Labute approximate surface area is 432 Å². The van der Waals surface area contributed by atoms with Gasteiger partial charge in [0.25, 0.3) is 10.9 Å². The van der Waals surface area contributed by atoms with E-state index in [1.165, 1.54) is 42.2 Å². The summed E-state index contributed by atoms with van der Waals surface area (Å²) in [6, 6.07) is 26.4. The van der Waals surface area contributed by atoms with Crippen LogP contribution in [-0.4, -0.2) is 87.4 Å². The number of anilines is 1. The number of nitrogens with two attached hydrogens (primary N) is 2. The highest BCUT2D eigenvalue weighted by molar-refractivity contribution is 7.98. The third-order valence-electron chi connectivity index (χ3n) is 8.39. The molecule has 0 amide bonds. The quantitative estimate of drug-likeness (QED) is 0.0522. The first-order valence-corrected chi connectivity index (χ1v) is 22.0. The van der Waals surface area contributed by atoms with Crippen molar-refractivity contribution in [2.24, 2.45) is 0 Å². The van der Waals surface area contributed by atoms with E-state index < -0.39 is 35.3 Å². The SMILES string of the molecule is CCOc1nn2ccccc2c1N.CCOc1nn2ccccc2c1[N+](=O)[O-].CS(=O)(=O)c1nn2ccccc2c1[N+](=O)[O-].CSc1nn2ccccc2c1[N+](=O)[O-].Cl.Cl.Cl.N[n+]1ccccc1.[I-]. The summed E-state index contributed by atoms with van der Waals surface area (Å²) in [6.45, 7) is 4.59. The Hall–Kier alpha value is -6.79. The van der Waals surface area contributed by atoms with E-state index in [1.807, 2.05) is 49.5 Å². The van der Waals surface area contributed by atoms with Crippen LogP contribution >= 0.6 is 49.0 Å². The van der Waals surface area contributed by atoms with Gasteiger partial charge in [-0.25, -0.2) is 32.3 Å². The standard InChI is InChI=1S/C9H9N3O3.C9H11N3O.C8H7N3O4S.C8H7N3O2S.C5H7N2.3ClH.HI/c1-2-15-9-8(12(13)14)7-5-3-4-6-11(7)10-9;1-2-13-9-8(10)7-5-3-4-6-12(7)11-9;1-16(14,15)8-7(11(12)13)6-4-2-3-5-10(6)9-8;1-14-8-7(11(12)13)6-4-2-3-5-10(6)9-8;6-7-4-2-1-3-5-7;;;;/h3-6H,2H2,1H3;3-6H,2,10H2,1H3;2-5H,1H3;2-5H,1H3;1-5H,6H2;4*1H/q;;;;+1;;;;/p-1. The molecule has 9 rings (SSSR count). The topological polar surface area (TPSA) is 307 Å². The summed E-state index contributed by atoms with van der Waals surface area (Å²) in [4.78, 5) is 30.9. The lowest BCUT2D eigenvalue weighted by atomic mass is 10.3. The van der Waals surface area contributed by atoms with Gasteiger partial charge in [-0.1, -0.05) is 35.0 Å². The van der Waals surface area contributed by atoms with Gasteiger partial charge >= 0.3 is 22.9 Å². The molecule has 24 nitrogen and oxygen atoms in total. The van der Waals surface area contributed by atoms with Gasteiger partial charge in [0, 0.05) is 43.2 Å². The lowest BCUT2D eigenvalue weighted by Gasteiger charge is -1.96. The van der Waals surface area contributed by atoms with Gasteiger partial charge in [0.1, 0.15) is 22.2 Å². The maximum atomic E-state index is 11.3. The molecule has 69 heavy (non-hydrogen) atoms. The van der Waals surface area contributed by atoms with Crippen LogP contribution in [-0.2, 0) is 9.84 Å². The van der Waals surface area contributed by atoms with Gasteiger partial charge in [0.15, 0.2) is 17.4 Å². The van der Waals surface area contributed by atoms with Crippen molar-refractivity contribution in [2.75, 3.05) is 37.3 Å². The Bertz CT molecular complexity index is 3220. The highest BCUT2D eigenvalue weighted by Gasteiger charge is 2.30. The number of ether oxygens (including phenoxy) is 2. The first-order valence-electron chi connectivity index (χ1n) is 18.9. The molecule has 0 aliphatic carbocycles. The van der Waals surface area contributed by atoms with E-state index in [0.717, 1.165) is 11.8 Å². The maximum absolute atomic E-state index is 11.3. The number of nitro groups is 3. The average Bonchev–Trinajstić information content (AvgIpc) is 4.05. The Balaban J connectivity index is 0.000000432. The number of nitrogens with zero attached hydrogens (tertiary/aromatic N) is 12. The van der Waals surface area contributed by atoms with Crippen LogP contribution in [0.1, 0.15) is 13.8 Å². The number of rotatable bonds is 9. The monoisotopic (exact) mass is 1160 g/mol. The minimum absolute atomic E-state index is 0. The molecule has 0 atom stereocenters. The molecule has 0 aliphatic heterocycles. The van der Waals surface area contributed by atoms with Gasteiger partial charge in [-0.15, -0.1) is 64.3 Å². The van der Waals surface area contributed by atoms with Gasteiger partial charge in [0.05, 0.1) is 33.5 Å². The lowest BCUT2D eigenvalue weighted by Crippen LogP contribution is -3.00. The molecule has 0 fully saturated rings.